The Balaban J connectivity index is 2.04. The van der Waals surface area contributed by atoms with E-state index in [4.69, 9.17) is 9.47 Å². The van der Waals surface area contributed by atoms with E-state index in [1.165, 1.54) is 12.1 Å². The zero-order valence-electron chi connectivity index (χ0n) is 14.1. The number of benzene rings is 2. The maximum Gasteiger partial charge on any atom is 0.261 e. The minimum atomic E-state index is -0.635. The molecule has 0 aromatic heterocycles. The Hall–Kier alpha value is -2.56. The van der Waals surface area contributed by atoms with Crippen molar-refractivity contribution in [2.75, 3.05) is 7.11 Å². The van der Waals surface area contributed by atoms with Gasteiger partial charge in [-0.3, -0.25) is 4.79 Å². The highest BCUT2D eigenvalue weighted by atomic mass is 19.1. The van der Waals surface area contributed by atoms with E-state index in [1.807, 2.05) is 26.0 Å². The Morgan fingerprint density at radius 2 is 1.75 bits per heavy atom. The van der Waals surface area contributed by atoms with Gasteiger partial charge in [0.15, 0.2) is 17.6 Å². The first kappa shape index (κ1) is 17.8. The highest BCUT2D eigenvalue weighted by Gasteiger charge is 2.22. The maximum atomic E-state index is 13.0. The number of hydrogen-bond donors (Lipinski definition) is 1. The van der Waals surface area contributed by atoms with Crippen LogP contribution in [0.1, 0.15) is 31.9 Å². The molecule has 0 saturated carbocycles. The predicted octanol–water partition coefficient (Wildman–Crippen LogP) is 3.87. The van der Waals surface area contributed by atoms with Gasteiger partial charge < -0.3 is 14.8 Å². The Morgan fingerprint density at radius 1 is 1.12 bits per heavy atom. The number of nitrogens with one attached hydrogen (secondary N) is 1. The summed E-state index contributed by atoms with van der Waals surface area (Å²) in [7, 11) is 1.56. The average molecular weight is 331 g/mol. The van der Waals surface area contributed by atoms with Crippen molar-refractivity contribution in [3.05, 3.63) is 59.9 Å². The standard InChI is InChI=1S/C19H22FNO3/c1-4-16(24-18-8-6-5-7-17(18)23-3)19(22)21-13(2)14-9-11-15(20)12-10-14/h5-13,16H,4H2,1-3H3,(H,21,22)/t13-,16+/m1/s1. The van der Waals surface area contributed by atoms with Gasteiger partial charge in [0.2, 0.25) is 0 Å². The largest absolute Gasteiger partial charge is 0.493 e. The second kappa shape index (κ2) is 8.34. The molecule has 128 valence electrons. The number of amides is 1. The number of hydrogen-bond acceptors (Lipinski definition) is 3. The zero-order valence-corrected chi connectivity index (χ0v) is 14.1. The number of para-hydroxylation sites is 2. The lowest BCUT2D eigenvalue weighted by atomic mass is 10.1. The fourth-order valence-electron chi connectivity index (χ4n) is 2.33. The predicted molar refractivity (Wildman–Crippen MR) is 90.7 cm³/mol. The summed E-state index contributed by atoms with van der Waals surface area (Å²) in [5, 5.41) is 2.90. The van der Waals surface area contributed by atoms with Crippen LogP contribution in [0.3, 0.4) is 0 Å². The number of carbonyl (C=O) groups excluding carboxylic acids is 1. The molecule has 0 unspecified atom stereocenters. The molecule has 2 rings (SSSR count). The van der Waals surface area contributed by atoms with E-state index in [9.17, 15) is 9.18 Å². The van der Waals surface area contributed by atoms with Crippen LogP contribution in [0.5, 0.6) is 11.5 Å². The van der Waals surface area contributed by atoms with Crippen molar-refractivity contribution in [2.24, 2.45) is 0 Å². The highest BCUT2D eigenvalue weighted by Crippen LogP contribution is 2.27. The molecule has 0 spiro atoms. The van der Waals surface area contributed by atoms with Crippen molar-refractivity contribution < 1.29 is 18.7 Å². The van der Waals surface area contributed by atoms with Crippen LogP contribution < -0.4 is 14.8 Å². The average Bonchev–Trinajstić information content (AvgIpc) is 2.60. The molecule has 0 bridgehead atoms. The quantitative estimate of drug-likeness (QED) is 0.838. The molecule has 0 aliphatic heterocycles. The molecule has 0 saturated heterocycles. The summed E-state index contributed by atoms with van der Waals surface area (Å²) in [5.74, 6) is 0.579. The monoisotopic (exact) mass is 331 g/mol. The van der Waals surface area contributed by atoms with E-state index in [2.05, 4.69) is 5.32 Å². The number of halogens is 1. The molecule has 1 amide bonds. The molecule has 0 fully saturated rings. The molecule has 24 heavy (non-hydrogen) atoms. The van der Waals surface area contributed by atoms with Crippen LogP contribution in [0.25, 0.3) is 0 Å². The fraction of sp³-hybridized carbons (Fsp3) is 0.316. The molecule has 4 nitrogen and oxygen atoms in total. The molecule has 2 atom stereocenters. The number of ether oxygens (including phenoxy) is 2. The van der Waals surface area contributed by atoms with Gasteiger partial charge in [-0.1, -0.05) is 31.2 Å². The Kier molecular flexibility index (Phi) is 6.18. The summed E-state index contributed by atoms with van der Waals surface area (Å²) in [6.07, 6.45) is -0.121. The van der Waals surface area contributed by atoms with E-state index in [-0.39, 0.29) is 17.8 Å². The molecule has 0 aliphatic carbocycles. The Bertz CT molecular complexity index is 673. The van der Waals surface area contributed by atoms with Crippen molar-refractivity contribution in [3.8, 4) is 11.5 Å². The lowest BCUT2D eigenvalue weighted by Crippen LogP contribution is -2.39. The fourth-order valence-corrected chi connectivity index (χ4v) is 2.33. The summed E-state index contributed by atoms with van der Waals surface area (Å²) >= 11 is 0. The van der Waals surface area contributed by atoms with Gasteiger partial charge in [0, 0.05) is 0 Å². The van der Waals surface area contributed by atoms with Gasteiger partial charge in [0.1, 0.15) is 5.82 Å². The van der Waals surface area contributed by atoms with Crippen molar-refractivity contribution >= 4 is 5.91 Å². The van der Waals surface area contributed by atoms with Gasteiger partial charge in [-0.25, -0.2) is 4.39 Å². The van der Waals surface area contributed by atoms with Gasteiger partial charge in [0.25, 0.3) is 5.91 Å². The van der Waals surface area contributed by atoms with Gasteiger partial charge in [-0.05, 0) is 43.2 Å². The van der Waals surface area contributed by atoms with Crippen LogP contribution in [-0.2, 0) is 4.79 Å². The van der Waals surface area contributed by atoms with Crippen molar-refractivity contribution in [1.82, 2.24) is 5.32 Å². The topological polar surface area (TPSA) is 47.6 Å². The summed E-state index contributed by atoms with van der Waals surface area (Å²) in [4.78, 5) is 12.5. The van der Waals surface area contributed by atoms with E-state index >= 15 is 0 Å². The van der Waals surface area contributed by atoms with Crippen LogP contribution in [0.4, 0.5) is 4.39 Å². The molecule has 5 heteroatoms. The summed E-state index contributed by atoms with van der Waals surface area (Å²) in [6, 6.07) is 13.0. The third-order valence-electron chi connectivity index (χ3n) is 3.73. The molecule has 0 aliphatic rings. The van der Waals surface area contributed by atoms with E-state index in [0.29, 0.717) is 17.9 Å². The normalized spacial score (nSPS) is 13.0. The number of carbonyl (C=O) groups is 1. The third-order valence-corrected chi connectivity index (χ3v) is 3.73. The lowest BCUT2D eigenvalue weighted by molar-refractivity contribution is -0.128. The van der Waals surface area contributed by atoms with E-state index in [0.717, 1.165) is 5.56 Å². The SMILES string of the molecule is CC[C@H](Oc1ccccc1OC)C(=O)N[C@H](C)c1ccc(F)cc1. The van der Waals surface area contributed by atoms with Crippen LogP contribution in [0.2, 0.25) is 0 Å². The second-order valence-electron chi connectivity index (χ2n) is 5.45. The third kappa shape index (κ3) is 4.47. The first-order chi connectivity index (χ1) is 11.5. The summed E-state index contributed by atoms with van der Waals surface area (Å²) in [5.41, 5.74) is 0.830. The van der Waals surface area contributed by atoms with Crippen molar-refractivity contribution in [2.45, 2.75) is 32.4 Å². The first-order valence-electron chi connectivity index (χ1n) is 7.90. The zero-order chi connectivity index (χ0) is 17.5. The lowest BCUT2D eigenvalue weighted by Gasteiger charge is -2.21. The number of rotatable bonds is 7. The maximum absolute atomic E-state index is 13.0. The molecule has 0 heterocycles. The Morgan fingerprint density at radius 3 is 2.33 bits per heavy atom. The number of methoxy groups -OCH3 is 1. The minimum absolute atomic E-state index is 0.222. The van der Waals surface area contributed by atoms with Crippen LogP contribution in [0, 0.1) is 5.82 Å². The molecular weight excluding hydrogens is 309 g/mol. The summed E-state index contributed by atoms with van der Waals surface area (Å²) < 4.78 is 24.0. The molecule has 2 aromatic carbocycles. The van der Waals surface area contributed by atoms with E-state index < -0.39 is 6.10 Å². The molecule has 2 aromatic rings. The van der Waals surface area contributed by atoms with Crippen LogP contribution in [-0.4, -0.2) is 19.1 Å². The second-order valence-corrected chi connectivity index (χ2v) is 5.45. The van der Waals surface area contributed by atoms with Crippen molar-refractivity contribution in [1.29, 1.82) is 0 Å². The molecule has 1 N–H and O–H groups in total. The van der Waals surface area contributed by atoms with Gasteiger partial charge in [-0.15, -0.1) is 0 Å². The molecule has 0 radical (unpaired) electrons. The van der Waals surface area contributed by atoms with Gasteiger partial charge in [-0.2, -0.15) is 0 Å². The highest BCUT2D eigenvalue weighted by molar-refractivity contribution is 5.81. The smallest absolute Gasteiger partial charge is 0.261 e. The van der Waals surface area contributed by atoms with Crippen LogP contribution >= 0.6 is 0 Å². The Labute approximate surface area is 141 Å². The molecular formula is C19H22FNO3. The first-order valence-corrected chi connectivity index (χ1v) is 7.90. The minimum Gasteiger partial charge on any atom is -0.493 e. The van der Waals surface area contributed by atoms with Gasteiger partial charge >= 0.3 is 0 Å². The summed E-state index contributed by atoms with van der Waals surface area (Å²) in [6.45, 7) is 3.73. The van der Waals surface area contributed by atoms with Crippen molar-refractivity contribution in [3.63, 3.8) is 0 Å². The van der Waals surface area contributed by atoms with Crippen LogP contribution in [0.15, 0.2) is 48.5 Å². The van der Waals surface area contributed by atoms with E-state index in [1.54, 1.807) is 31.4 Å². The van der Waals surface area contributed by atoms with Gasteiger partial charge in [0.05, 0.1) is 13.2 Å².